The van der Waals surface area contributed by atoms with Gasteiger partial charge in [-0.15, -0.1) is 24.0 Å². The molecule has 5 nitrogen and oxygen atoms in total. The summed E-state index contributed by atoms with van der Waals surface area (Å²) in [7, 11) is 0. The maximum atomic E-state index is 6.02. The monoisotopic (exact) mass is 444 g/mol. The summed E-state index contributed by atoms with van der Waals surface area (Å²) in [5, 5.41) is 3.36. The van der Waals surface area contributed by atoms with E-state index >= 15 is 0 Å². The molecule has 134 valence electrons. The van der Waals surface area contributed by atoms with Crippen molar-refractivity contribution in [2.45, 2.75) is 64.0 Å². The van der Waals surface area contributed by atoms with E-state index in [2.05, 4.69) is 15.3 Å². The van der Waals surface area contributed by atoms with Gasteiger partial charge in [-0.25, -0.2) is 9.98 Å². The van der Waals surface area contributed by atoms with Crippen molar-refractivity contribution in [1.29, 1.82) is 0 Å². The zero-order valence-electron chi connectivity index (χ0n) is 14.2. The van der Waals surface area contributed by atoms with E-state index in [0.717, 1.165) is 18.1 Å². The van der Waals surface area contributed by atoms with Gasteiger partial charge in [-0.3, -0.25) is 0 Å². The lowest BCUT2D eigenvalue weighted by Crippen LogP contribution is -2.39. The third kappa shape index (κ3) is 6.83. The van der Waals surface area contributed by atoms with E-state index in [1.165, 1.54) is 51.4 Å². The summed E-state index contributed by atoms with van der Waals surface area (Å²) in [4.78, 5) is 8.77. The van der Waals surface area contributed by atoms with Gasteiger partial charge in [-0.2, -0.15) is 0 Å². The van der Waals surface area contributed by atoms with Crippen molar-refractivity contribution in [3.63, 3.8) is 0 Å². The second-order valence-electron chi connectivity index (χ2n) is 6.79. The van der Waals surface area contributed by atoms with Crippen molar-refractivity contribution in [1.82, 2.24) is 10.3 Å². The fraction of sp³-hybridized carbons (Fsp3) is 0.667. The van der Waals surface area contributed by atoms with Gasteiger partial charge >= 0.3 is 0 Å². The molecule has 2 saturated carbocycles. The highest BCUT2D eigenvalue weighted by Crippen LogP contribution is 2.29. The van der Waals surface area contributed by atoms with Crippen molar-refractivity contribution in [3.05, 3.63) is 23.9 Å². The van der Waals surface area contributed by atoms with Gasteiger partial charge in [-0.05, 0) is 37.2 Å². The van der Waals surface area contributed by atoms with Crippen LogP contribution in [0.1, 0.15) is 56.9 Å². The number of halogens is 1. The molecule has 1 heterocycles. The quantitative estimate of drug-likeness (QED) is 0.304. The first-order valence-electron chi connectivity index (χ1n) is 8.94. The van der Waals surface area contributed by atoms with Crippen LogP contribution in [-0.2, 0) is 6.54 Å². The molecule has 2 aliphatic rings. The average Bonchev–Trinajstić information content (AvgIpc) is 3.40. The molecule has 3 rings (SSSR count). The number of aromatic nitrogens is 1. The van der Waals surface area contributed by atoms with Gasteiger partial charge in [0.05, 0.1) is 13.2 Å². The molecule has 24 heavy (non-hydrogen) atoms. The molecule has 2 aliphatic carbocycles. The first-order valence-corrected chi connectivity index (χ1v) is 8.94. The first-order chi connectivity index (χ1) is 11.3. The van der Waals surface area contributed by atoms with Crippen LogP contribution in [-0.4, -0.2) is 23.6 Å². The second-order valence-corrected chi connectivity index (χ2v) is 6.79. The number of ether oxygens (including phenoxy) is 1. The number of pyridine rings is 1. The van der Waals surface area contributed by atoms with Crippen molar-refractivity contribution in [2.24, 2.45) is 16.6 Å². The van der Waals surface area contributed by atoms with E-state index in [0.29, 0.717) is 24.4 Å². The molecule has 0 spiro atoms. The normalized spacial score (nSPS) is 19.2. The molecule has 1 aromatic rings. The zero-order chi connectivity index (χ0) is 15.9. The fourth-order valence-electron chi connectivity index (χ4n) is 2.93. The largest absolute Gasteiger partial charge is 0.477 e. The third-order valence-electron chi connectivity index (χ3n) is 4.60. The Bertz CT molecular complexity index is 508. The maximum Gasteiger partial charge on any atom is 0.213 e. The van der Waals surface area contributed by atoms with Crippen molar-refractivity contribution >= 4 is 29.9 Å². The number of nitrogens with zero attached hydrogens (tertiary/aromatic N) is 2. The summed E-state index contributed by atoms with van der Waals surface area (Å²) in [6.45, 7) is 1.35. The summed E-state index contributed by atoms with van der Waals surface area (Å²) < 4.78 is 5.64. The molecule has 2 fully saturated rings. The number of aliphatic imine (C=N–C) groups is 1. The molecule has 0 amide bonds. The Kier molecular flexibility index (Phi) is 8.08. The average molecular weight is 444 g/mol. The van der Waals surface area contributed by atoms with Crippen molar-refractivity contribution in [3.8, 4) is 5.88 Å². The summed E-state index contributed by atoms with van der Waals surface area (Å²) in [6, 6.07) is 4.41. The number of nitrogens with one attached hydrogen (secondary N) is 1. The van der Waals surface area contributed by atoms with Crippen LogP contribution < -0.4 is 15.8 Å². The van der Waals surface area contributed by atoms with Crippen LogP contribution in [0.15, 0.2) is 23.3 Å². The van der Waals surface area contributed by atoms with Crippen LogP contribution in [0.25, 0.3) is 0 Å². The van der Waals surface area contributed by atoms with Gasteiger partial charge < -0.3 is 15.8 Å². The van der Waals surface area contributed by atoms with E-state index < -0.39 is 0 Å². The Balaban J connectivity index is 0.00000208. The van der Waals surface area contributed by atoms with E-state index in [1.54, 1.807) is 0 Å². The molecule has 0 aromatic carbocycles. The number of nitrogens with two attached hydrogens (primary N) is 1. The van der Waals surface area contributed by atoms with Crippen LogP contribution in [0, 0.1) is 5.92 Å². The number of hydrogen-bond donors (Lipinski definition) is 2. The van der Waals surface area contributed by atoms with E-state index in [4.69, 9.17) is 10.5 Å². The van der Waals surface area contributed by atoms with E-state index in [9.17, 15) is 0 Å². The van der Waals surface area contributed by atoms with Crippen LogP contribution in [0.5, 0.6) is 5.88 Å². The minimum absolute atomic E-state index is 0. The second kappa shape index (κ2) is 10.1. The summed E-state index contributed by atoms with van der Waals surface area (Å²) in [5.74, 6) is 2.00. The minimum Gasteiger partial charge on any atom is -0.477 e. The van der Waals surface area contributed by atoms with Crippen LogP contribution in [0.3, 0.4) is 0 Å². The Morgan fingerprint density at radius 1 is 1.17 bits per heavy atom. The standard InChI is InChI=1S/C18H28N4O.HI/c19-18(22-16-5-3-1-2-4-6-16)21-12-15-9-10-17(20-11-15)23-13-14-7-8-14;/h9-11,14,16H,1-8,12-13H2,(H3,19,21,22);1H. The molecular formula is C18H29IN4O. The zero-order valence-corrected chi connectivity index (χ0v) is 16.6. The fourth-order valence-corrected chi connectivity index (χ4v) is 2.93. The van der Waals surface area contributed by atoms with Crippen molar-refractivity contribution < 1.29 is 4.74 Å². The number of hydrogen-bond acceptors (Lipinski definition) is 3. The molecule has 0 saturated heterocycles. The highest BCUT2D eigenvalue weighted by atomic mass is 127. The maximum absolute atomic E-state index is 6.02. The minimum atomic E-state index is 0. The number of guanidine groups is 1. The van der Waals surface area contributed by atoms with Crippen molar-refractivity contribution in [2.75, 3.05) is 6.61 Å². The Morgan fingerprint density at radius 3 is 2.54 bits per heavy atom. The lowest BCUT2D eigenvalue weighted by Gasteiger charge is -2.16. The molecule has 0 radical (unpaired) electrons. The third-order valence-corrected chi connectivity index (χ3v) is 4.60. The lowest BCUT2D eigenvalue weighted by atomic mass is 10.1. The molecule has 0 atom stereocenters. The van der Waals surface area contributed by atoms with Crippen LogP contribution >= 0.6 is 24.0 Å². The molecule has 0 unspecified atom stereocenters. The number of rotatable bonds is 6. The summed E-state index contributed by atoms with van der Waals surface area (Å²) in [6.07, 6.45) is 12.1. The van der Waals surface area contributed by atoms with Gasteiger partial charge in [0, 0.05) is 18.3 Å². The lowest BCUT2D eigenvalue weighted by molar-refractivity contribution is 0.288. The van der Waals surface area contributed by atoms with Crippen LogP contribution in [0.4, 0.5) is 0 Å². The van der Waals surface area contributed by atoms with Gasteiger partial charge in [-0.1, -0.05) is 31.7 Å². The Morgan fingerprint density at radius 2 is 1.92 bits per heavy atom. The molecular weight excluding hydrogens is 415 g/mol. The smallest absolute Gasteiger partial charge is 0.213 e. The Hall–Kier alpha value is -1.05. The molecule has 0 bridgehead atoms. The van der Waals surface area contributed by atoms with E-state index in [-0.39, 0.29) is 24.0 Å². The molecule has 0 aliphatic heterocycles. The predicted molar refractivity (Wildman–Crippen MR) is 108 cm³/mol. The van der Waals surface area contributed by atoms with Gasteiger partial charge in [0.15, 0.2) is 5.96 Å². The SMILES string of the molecule is I.NC(=NCc1ccc(OCC2CC2)nc1)NC1CCCCCC1. The molecule has 6 heteroatoms. The Labute approximate surface area is 161 Å². The molecule has 1 aromatic heterocycles. The summed E-state index contributed by atoms with van der Waals surface area (Å²) in [5.41, 5.74) is 7.07. The van der Waals surface area contributed by atoms with E-state index in [1.807, 2.05) is 18.3 Å². The predicted octanol–water partition coefficient (Wildman–Crippen LogP) is 3.62. The first kappa shape index (κ1) is 19.3. The highest BCUT2D eigenvalue weighted by molar-refractivity contribution is 14.0. The van der Waals surface area contributed by atoms with Crippen LogP contribution in [0.2, 0.25) is 0 Å². The summed E-state index contributed by atoms with van der Waals surface area (Å²) >= 11 is 0. The van der Waals surface area contributed by atoms with Gasteiger partial charge in [0.25, 0.3) is 0 Å². The van der Waals surface area contributed by atoms with Gasteiger partial charge in [0.1, 0.15) is 0 Å². The topological polar surface area (TPSA) is 72.5 Å². The van der Waals surface area contributed by atoms with Gasteiger partial charge in [0.2, 0.25) is 5.88 Å². The highest BCUT2D eigenvalue weighted by Gasteiger charge is 2.22. The molecule has 3 N–H and O–H groups in total.